The molecule has 0 saturated carbocycles. The summed E-state index contributed by atoms with van der Waals surface area (Å²) in [5.41, 5.74) is 1.69. The number of carbonyl (C=O) groups is 1. The minimum atomic E-state index is -0.549. The molecule has 1 aliphatic heterocycles. The first kappa shape index (κ1) is 19.0. The highest BCUT2D eigenvalue weighted by Crippen LogP contribution is 2.28. The van der Waals surface area contributed by atoms with Crippen molar-refractivity contribution in [3.63, 3.8) is 0 Å². The quantitative estimate of drug-likeness (QED) is 0.827. The van der Waals surface area contributed by atoms with E-state index in [1.54, 1.807) is 25.7 Å². The number of benzene rings is 1. The van der Waals surface area contributed by atoms with Crippen LogP contribution in [0.2, 0.25) is 0 Å². The van der Waals surface area contributed by atoms with Gasteiger partial charge in [0.1, 0.15) is 29.0 Å². The summed E-state index contributed by atoms with van der Waals surface area (Å²) in [5, 5.41) is 9.01. The zero-order chi connectivity index (χ0) is 16.3. The van der Waals surface area contributed by atoms with Gasteiger partial charge >= 0.3 is 6.09 Å². The fraction of sp³-hybridized carbons (Fsp3) is 0.533. The van der Waals surface area contributed by atoms with Crippen molar-refractivity contribution >= 4 is 11.8 Å². The highest BCUT2D eigenvalue weighted by Gasteiger charge is 2.31. The van der Waals surface area contributed by atoms with Crippen LogP contribution in [-0.4, -0.2) is 46.5 Å². The van der Waals surface area contributed by atoms with E-state index in [1.807, 2.05) is 5.48 Å². The molecule has 1 fully saturated rings. The summed E-state index contributed by atoms with van der Waals surface area (Å²) in [7, 11) is 0. The monoisotopic (exact) mass is 330 g/mol. The van der Waals surface area contributed by atoms with Crippen LogP contribution in [0.4, 0.5) is 14.9 Å². The van der Waals surface area contributed by atoms with Gasteiger partial charge in [0.2, 0.25) is 0 Å². The Hall–Kier alpha value is -2.06. The second kappa shape index (κ2) is 7.47. The number of nitrogens with one attached hydrogen (secondary N) is 1. The maximum Gasteiger partial charge on any atom is 0.410 e. The molecule has 0 radical (unpaired) electrons. The molecule has 2 rings (SSSR count). The molecule has 0 spiro atoms. The van der Waals surface area contributed by atoms with Gasteiger partial charge in [0, 0.05) is 19.0 Å². The topological polar surface area (TPSA) is 103 Å². The lowest BCUT2D eigenvalue weighted by Crippen LogP contribution is -2.36. The van der Waals surface area contributed by atoms with Crippen LogP contribution in [0.15, 0.2) is 18.2 Å². The van der Waals surface area contributed by atoms with Crippen molar-refractivity contribution in [3.05, 3.63) is 24.0 Å². The van der Waals surface area contributed by atoms with E-state index < -0.39 is 17.5 Å². The van der Waals surface area contributed by atoms with E-state index in [0.29, 0.717) is 19.5 Å². The third kappa shape index (κ3) is 5.26. The number of amides is 1. The summed E-state index contributed by atoms with van der Waals surface area (Å²) in [6.07, 6.45) is -0.0552. The number of rotatable bonds is 3. The molecule has 1 heterocycles. The van der Waals surface area contributed by atoms with Gasteiger partial charge in [-0.3, -0.25) is 10.7 Å². The van der Waals surface area contributed by atoms with Gasteiger partial charge in [0.05, 0.1) is 6.54 Å². The van der Waals surface area contributed by atoms with E-state index in [2.05, 4.69) is 0 Å². The maximum absolute atomic E-state index is 13.3. The molecule has 0 aromatic heterocycles. The highest BCUT2D eigenvalue weighted by molar-refractivity contribution is 5.68. The number of anilines is 1. The first-order chi connectivity index (χ1) is 10.3. The van der Waals surface area contributed by atoms with Gasteiger partial charge in [-0.25, -0.2) is 9.18 Å². The average molecular weight is 330 g/mol. The van der Waals surface area contributed by atoms with E-state index in [1.165, 1.54) is 18.2 Å². The van der Waals surface area contributed by atoms with Crippen molar-refractivity contribution in [2.45, 2.75) is 38.9 Å². The summed E-state index contributed by atoms with van der Waals surface area (Å²) in [6.45, 7) is 6.29. The molecule has 1 aromatic carbocycles. The molecule has 130 valence electrons. The molecule has 7 nitrogen and oxygen atoms in total. The summed E-state index contributed by atoms with van der Waals surface area (Å²) in [6, 6.07) is 3.78. The summed E-state index contributed by atoms with van der Waals surface area (Å²) < 4.78 is 24.3. The van der Waals surface area contributed by atoms with E-state index in [9.17, 15) is 9.18 Å². The van der Waals surface area contributed by atoms with E-state index >= 15 is 0 Å². The second-order valence-corrected chi connectivity index (χ2v) is 6.21. The minimum absolute atomic E-state index is 0. The number of hydrogen-bond donors (Lipinski definition) is 2. The maximum atomic E-state index is 13.3. The number of carbonyl (C=O) groups excluding carboxylic acids is 1. The van der Waals surface area contributed by atoms with Crippen LogP contribution < -0.4 is 10.2 Å². The SMILES string of the molecule is CC(C)(C)OC(=O)N1CC[C@H](Oc2cc(F)ccc2NO)C1.O. The molecule has 1 atom stereocenters. The van der Waals surface area contributed by atoms with E-state index in [-0.39, 0.29) is 23.0 Å². The van der Waals surface area contributed by atoms with E-state index in [0.717, 1.165) is 0 Å². The van der Waals surface area contributed by atoms with Gasteiger partial charge in [-0.2, -0.15) is 0 Å². The molecule has 1 aromatic rings. The zero-order valence-corrected chi connectivity index (χ0v) is 13.4. The molecule has 1 saturated heterocycles. The summed E-state index contributed by atoms with van der Waals surface area (Å²) >= 11 is 0. The fourth-order valence-electron chi connectivity index (χ4n) is 2.18. The van der Waals surface area contributed by atoms with Gasteiger partial charge in [0.15, 0.2) is 0 Å². The first-order valence-corrected chi connectivity index (χ1v) is 7.13. The van der Waals surface area contributed by atoms with Crippen LogP contribution in [0.3, 0.4) is 0 Å². The van der Waals surface area contributed by atoms with Gasteiger partial charge < -0.3 is 19.8 Å². The van der Waals surface area contributed by atoms with E-state index in [4.69, 9.17) is 14.7 Å². The first-order valence-electron chi connectivity index (χ1n) is 7.13. The van der Waals surface area contributed by atoms with Crippen LogP contribution in [0.1, 0.15) is 27.2 Å². The van der Waals surface area contributed by atoms with Crippen LogP contribution in [0.25, 0.3) is 0 Å². The number of hydrogen-bond acceptors (Lipinski definition) is 5. The zero-order valence-electron chi connectivity index (χ0n) is 13.4. The molecule has 23 heavy (non-hydrogen) atoms. The average Bonchev–Trinajstić information content (AvgIpc) is 2.86. The van der Waals surface area contributed by atoms with Crippen molar-refractivity contribution in [2.24, 2.45) is 0 Å². The molecule has 0 aliphatic carbocycles. The minimum Gasteiger partial charge on any atom is -0.486 e. The second-order valence-electron chi connectivity index (χ2n) is 6.21. The number of ether oxygens (including phenoxy) is 2. The Morgan fingerprint density at radius 1 is 1.43 bits per heavy atom. The van der Waals surface area contributed by atoms with Crippen LogP contribution in [0.5, 0.6) is 5.75 Å². The number of nitrogens with zero attached hydrogens (tertiary/aromatic N) is 1. The van der Waals surface area contributed by atoms with Crippen LogP contribution in [-0.2, 0) is 4.74 Å². The molecule has 0 bridgehead atoms. The number of halogens is 1. The predicted octanol–water partition coefficient (Wildman–Crippen LogP) is 2.19. The van der Waals surface area contributed by atoms with Crippen molar-refractivity contribution in [1.82, 2.24) is 4.90 Å². The Morgan fingerprint density at radius 2 is 2.13 bits per heavy atom. The normalized spacial score (nSPS) is 17.4. The van der Waals surface area contributed by atoms with Crippen molar-refractivity contribution < 1.29 is 29.3 Å². The Balaban J connectivity index is 0.00000264. The van der Waals surface area contributed by atoms with Crippen molar-refractivity contribution in [1.29, 1.82) is 0 Å². The summed E-state index contributed by atoms with van der Waals surface area (Å²) in [4.78, 5) is 13.5. The lowest BCUT2D eigenvalue weighted by molar-refractivity contribution is 0.0275. The van der Waals surface area contributed by atoms with Gasteiger partial charge in [-0.1, -0.05) is 0 Å². The lowest BCUT2D eigenvalue weighted by atomic mass is 10.2. The summed E-state index contributed by atoms with van der Waals surface area (Å²) in [5.74, 6) is -0.255. The molecule has 4 N–H and O–H groups in total. The third-order valence-corrected chi connectivity index (χ3v) is 3.15. The van der Waals surface area contributed by atoms with Crippen LogP contribution >= 0.6 is 0 Å². The molecule has 1 amide bonds. The molecule has 1 aliphatic rings. The van der Waals surface area contributed by atoms with Crippen LogP contribution in [0, 0.1) is 5.82 Å². The molecular formula is C15H23FN2O5. The lowest BCUT2D eigenvalue weighted by Gasteiger charge is -2.24. The predicted molar refractivity (Wildman–Crippen MR) is 82.3 cm³/mol. The standard InChI is InChI=1S/C15H21FN2O4.H2O/c1-15(2,3)22-14(19)18-7-6-11(9-18)21-13-8-10(16)4-5-12(13)17-20;/h4-5,8,11,17,20H,6-7,9H2,1-3H3;1H2/t11-;/m0./s1. The number of likely N-dealkylation sites (tertiary alicyclic amines) is 1. The molecular weight excluding hydrogens is 307 g/mol. The fourth-order valence-corrected chi connectivity index (χ4v) is 2.18. The largest absolute Gasteiger partial charge is 0.486 e. The van der Waals surface area contributed by atoms with Crippen molar-refractivity contribution in [3.8, 4) is 5.75 Å². The Kier molecular flexibility index (Phi) is 6.17. The third-order valence-electron chi connectivity index (χ3n) is 3.15. The Labute approximate surface area is 134 Å². The Bertz CT molecular complexity index is 547. The smallest absolute Gasteiger partial charge is 0.410 e. The Morgan fingerprint density at radius 3 is 2.74 bits per heavy atom. The van der Waals surface area contributed by atoms with Crippen molar-refractivity contribution in [2.75, 3.05) is 18.6 Å². The molecule has 8 heteroatoms. The highest BCUT2D eigenvalue weighted by atomic mass is 19.1. The van der Waals surface area contributed by atoms with Gasteiger partial charge in [0.25, 0.3) is 0 Å². The molecule has 0 unspecified atom stereocenters. The van der Waals surface area contributed by atoms with Gasteiger partial charge in [-0.05, 0) is 32.9 Å². The van der Waals surface area contributed by atoms with Gasteiger partial charge in [-0.15, -0.1) is 0 Å².